The smallest absolute Gasteiger partial charge is 0.274 e. The SMILES string of the molecule is O=C(c1ccc2c(c1)C1C=CCC1C(c1ccccc1[N+](=O)[O-])N2)N1CCCCCC1. The van der Waals surface area contributed by atoms with Gasteiger partial charge >= 0.3 is 0 Å². The van der Waals surface area contributed by atoms with Gasteiger partial charge in [0.1, 0.15) is 0 Å². The lowest BCUT2D eigenvalue weighted by Gasteiger charge is -2.37. The number of nitrogens with one attached hydrogen (secondary N) is 1. The van der Waals surface area contributed by atoms with E-state index in [0.717, 1.165) is 54.7 Å². The molecule has 3 unspecified atom stereocenters. The molecule has 3 aliphatic rings. The Bertz CT molecular complexity index is 1040. The summed E-state index contributed by atoms with van der Waals surface area (Å²) in [5.41, 5.74) is 3.70. The minimum absolute atomic E-state index is 0.115. The predicted octanol–water partition coefficient (Wildman–Crippen LogP) is 5.44. The maximum absolute atomic E-state index is 13.1. The Morgan fingerprint density at radius 1 is 1.03 bits per heavy atom. The van der Waals surface area contributed by atoms with Gasteiger partial charge < -0.3 is 10.2 Å². The Kier molecular flexibility index (Phi) is 5.22. The van der Waals surface area contributed by atoms with Crippen molar-refractivity contribution in [3.05, 3.63) is 81.4 Å². The molecule has 1 N–H and O–H groups in total. The van der Waals surface area contributed by atoms with Crippen LogP contribution in [0.3, 0.4) is 0 Å². The van der Waals surface area contributed by atoms with Crippen LogP contribution in [0.1, 0.15) is 65.5 Å². The number of hydrogen-bond acceptors (Lipinski definition) is 4. The zero-order chi connectivity index (χ0) is 21.4. The number of amides is 1. The van der Waals surface area contributed by atoms with Crippen molar-refractivity contribution >= 4 is 17.3 Å². The molecule has 2 aromatic rings. The number of nitro benzene ring substituents is 1. The number of nitro groups is 1. The van der Waals surface area contributed by atoms with Crippen molar-refractivity contribution in [1.82, 2.24) is 4.90 Å². The van der Waals surface area contributed by atoms with E-state index in [1.807, 2.05) is 35.2 Å². The molecule has 3 atom stereocenters. The van der Waals surface area contributed by atoms with Crippen molar-refractivity contribution in [3.8, 4) is 0 Å². The molecule has 6 heteroatoms. The van der Waals surface area contributed by atoms with Crippen LogP contribution in [0.15, 0.2) is 54.6 Å². The predicted molar refractivity (Wildman–Crippen MR) is 120 cm³/mol. The number of carbonyl (C=O) groups is 1. The molecule has 1 saturated heterocycles. The highest BCUT2D eigenvalue weighted by molar-refractivity contribution is 5.95. The van der Waals surface area contributed by atoms with Gasteiger partial charge in [0.15, 0.2) is 0 Å². The first kappa shape index (κ1) is 19.8. The molecule has 1 aliphatic carbocycles. The fourth-order valence-electron chi connectivity index (χ4n) is 5.41. The van der Waals surface area contributed by atoms with Gasteiger partial charge in [-0.05, 0) is 48.9 Å². The molecule has 160 valence electrons. The summed E-state index contributed by atoms with van der Waals surface area (Å²) in [6, 6.07) is 12.8. The number of anilines is 1. The molecule has 0 bridgehead atoms. The van der Waals surface area contributed by atoms with Gasteiger partial charge in [-0.2, -0.15) is 0 Å². The van der Waals surface area contributed by atoms with Crippen LogP contribution in [0.2, 0.25) is 0 Å². The van der Waals surface area contributed by atoms with Crippen molar-refractivity contribution in [3.63, 3.8) is 0 Å². The van der Waals surface area contributed by atoms with Crippen molar-refractivity contribution in [2.24, 2.45) is 5.92 Å². The quantitative estimate of drug-likeness (QED) is 0.410. The lowest BCUT2D eigenvalue weighted by atomic mass is 9.76. The summed E-state index contributed by atoms with van der Waals surface area (Å²) >= 11 is 0. The van der Waals surface area contributed by atoms with Gasteiger partial charge in [-0.1, -0.05) is 43.2 Å². The summed E-state index contributed by atoms with van der Waals surface area (Å²) in [7, 11) is 0. The van der Waals surface area contributed by atoms with Crippen molar-refractivity contribution in [2.75, 3.05) is 18.4 Å². The van der Waals surface area contributed by atoms with Gasteiger partial charge in [-0.15, -0.1) is 0 Å². The zero-order valence-corrected chi connectivity index (χ0v) is 17.5. The first-order chi connectivity index (χ1) is 15.1. The third kappa shape index (κ3) is 3.60. The monoisotopic (exact) mass is 417 g/mol. The topological polar surface area (TPSA) is 75.5 Å². The van der Waals surface area contributed by atoms with Crippen LogP contribution in [0, 0.1) is 16.0 Å². The van der Waals surface area contributed by atoms with E-state index in [0.29, 0.717) is 0 Å². The van der Waals surface area contributed by atoms with Crippen molar-refractivity contribution < 1.29 is 9.72 Å². The average molecular weight is 418 g/mol. The summed E-state index contributed by atoms with van der Waals surface area (Å²) in [4.78, 5) is 26.5. The largest absolute Gasteiger partial charge is 0.377 e. The van der Waals surface area contributed by atoms with Crippen LogP contribution >= 0.6 is 0 Å². The first-order valence-electron chi connectivity index (χ1n) is 11.2. The number of fused-ring (bicyclic) bond motifs is 3. The Morgan fingerprint density at radius 3 is 2.58 bits per heavy atom. The zero-order valence-electron chi connectivity index (χ0n) is 17.5. The number of para-hydroxylation sites is 1. The minimum Gasteiger partial charge on any atom is -0.377 e. The molecule has 0 spiro atoms. The molecule has 2 heterocycles. The Hall–Kier alpha value is -3.15. The molecule has 5 rings (SSSR count). The molecule has 2 aliphatic heterocycles. The lowest BCUT2D eigenvalue weighted by Crippen LogP contribution is -2.33. The van der Waals surface area contributed by atoms with Crippen LogP contribution in [-0.2, 0) is 0 Å². The molecule has 0 aromatic heterocycles. The Balaban J connectivity index is 1.48. The standard InChI is InChI=1S/C25H27N3O3/c29-25(27-14-5-1-2-6-15-27)17-12-13-22-21(16-17)18-9-7-10-19(18)24(26-22)20-8-3-4-11-23(20)28(30)31/h3-4,7-9,11-13,16,18-19,24,26H,1-2,5-6,10,14-15H2. The molecule has 0 radical (unpaired) electrons. The summed E-state index contributed by atoms with van der Waals surface area (Å²) in [5, 5.41) is 15.2. The highest BCUT2D eigenvalue weighted by Gasteiger charge is 2.40. The number of carbonyl (C=O) groups excluding carboxylic acids is 1. The molecule has 1 amide bonds. The Morgan fingerprint density at radius 2 is 1.81 bits per heavy atom. The third-order valence-electron chi connectivity index (χ3n) is 6.97. The summed E-state index contributed by atoms with van der Waals surface area (Å²) < 4.78 is 0. The molecule has 31 heavy (non-hydrogen) atoms. The number of nitrogens with zero attached hydrogens (tertiary/aromatic N) is 2. The summed E-state index contributed by atoms with van der Waals surface area (Å²) in [5.74, 6) is 0.458. The van der Waals surface area contributed by atoms with Gasteiger partial charge in [-0.25, -0.2) is 0 Å². The normalized spacial score (nSPS) is 24.6. The number of rotatable bonds is 3. The van der Waals surface area contributed by atoms with Crippen LogP contribution in [0.4, 0.5) is 11.4 Å². The van der Waals surface area contributed by atoms with Crippen LogP contribution in [0.5, 0.6) is 0 Å². The van der Waals surface area contributed by atoms with Crippen molar-refractivity contribution in [1.29, 1.82) is 0 Å². The number of hydrogen-bond donors (Lipinski definition) is 1. The third-order valence-corrected chi connectivity index (χ3v) is 6.97. The number of benzene rings is 2. The highest BCUT2D eigenvalue weighted by atomic mass is 16.6. The molecular formula is C25H27N3O3. The van der Waals surface area contributed by atoms with Crippen molar-refractivity contribution in [2.45, 2.75) is 44.1 Å². The minimum atomic E-state index is -0.299. The number of allylic oxidation sites excluding steroid dienone is 2. The van der Waals surface area contributed by atoms with E-state index in [9.17, 15) is 14.9 Å². The summed E-state index contributed by atoms with van der Waals surface area (Å²) in [6.07, 6.45) is 9.76. The molecular weight excluding hydrogens is 390 g/mol. The van der Waals surface area contributed by atoms with E-state index in [1.165, 1.54) is 12.8 Å². The fraction of sp³-hybridized carbons (Fsp3) is 0.400. The van der Waals surface area contributed by atoms with E-state index in [2.05, 4.69) is 17.5 Å². The van der Waals surface area contributed by atoms with E-state index >= 15 is 0 Å². The Labute approximate surface area is 182 Å². The van der Waals surface area contributed by atoms with Crippen LogP contribution < -0.4 is 5.32 Å². The second-order valence-electron chi connectivity index (χ2n) is 8.80. The van der Waals surface area contributed by atoms with Gasteiger partial charge in [0.05, 0.1) is 16.5 Å². The number of likely N-dealkylation sites (tertiary alicyclic amines) is 1. The summed E-state index contributed by atoms with van der Waals surface area (Å²) in [6.45, 7) is 1.67. The molecule has 2 aromatic carbocycles. The lowest BCUT2D eigenvalue weighted by molar-refractivity contribution is -0.385. The molecule has 0 saturated carbocycles. The van der Waals surface area contributed by atoms with E-state index in [1.54, 1.807) is 12.1 Å². The first-order valence-corrected chi connectivity index (χ1v) is 11.2. The van der Waals surface area contributed by atoms with E-state index in [4.69, 9.17) is 0 Å². The molecule has 1 fully saturated rings. The van der Waals surface area contributed by atoms with Gasteiger partial charge in [0.25, 0.3) is 11.6 Å². The van der Waals surface area contributed by atoms with Gasteiger partial charge in [0, 0.05) is 36.3 Å². The van der Waals surface area contributed by atoms with Crippen LogP contribution in [0.25, 0.3) is 0 Å². The van der Waals surface area contributed by atoms with E-state index < -0.39 is 0 Å². The van der Waals surface area contributed by atoms with Gasteiger partial charge in [0.2, 0.25) is 0 Å². The second kappa shape index (κ2) is 8.17. The van der Waals surface area contributed by atoms with Crippen LogP contribution in [-0.4, -0.2) is 28.8 Å². The maximum atomic E-state index is 13.1. The highest BCUT2D eigenvalue weighted by Crippen LogP contribution is 2.51. The fourth-order valence-corrected chi connectivity index (χ4v) is 5.41. The van der Waals surface area contributed by atoms with Gasteiger partial charge in [-0.3, -0.25) is 14.9 Å². The average Bonchev–Trinajstić information content (AvgIpc) is 3.13. The van der Waals surface area contributed by atoms with E-state index in [-0.39, 0.29) is 34.4 Å². The molecule has 6 nitrogen and oxygen atoms in total. The second-order valence-corrected chi connectivity index (χ2v) is 8.80. The maximum Gasteiger partial charge on any atom is 0.274 e.